The van der Waals surface area contributed by atoms with Crippen LogP contribution >= 0.6 is 22.9 Å². The van der Waals surface area contributed by atoms with Crippen molar-refractivity contribution in [3.05, 3.63) is 21.3 Å². The van der Waals surface area contributed by atoms with Crippen molar-refractivity contribution < 1.29 is 14.3 Å². The van der Waals surface area contributed by atoms with Gasteiger partial charge in [0.05, 0.1) is 11.1 Å². The molecule has 0 radical (unpaired) electrons. The van der Waals surface area contributed by atoms with Crippen molar-refractivity contribution in [2.45, 2.75) is 6.04 Å². The second-order valence-corrected chi connectivity index (χ2v) is 5.60. The molecule has 0 bridgehead atoms. The fraction of sp³-hybridized carbons (Fsp3) is 0.455. The van der Waals surface area contributed by atoms with Gasteiger partial charge in [0.15, 0.2) is 0 Å². The lowest BCUT2D eigenvalue weighted by Gasteiger charge is -2.35. The predicted octanol–water partition coefficient (Wildman–Crippen LogP) is 1.68. The Morgan fingerprint density at radius 3 is 3.06 bits per heavy atom. The Balaban J connectivity index is 1.74. The zero-order chi connectivity index (χ0) is 12.7. The first-order valence-corrected chi connectivity index (χ1v) is 6.88. The first-order chi connectivity index (χ1) is 8.66. The van der Waals surface area contributed by atoms with Crippen molar-refractivity contribution in [3.63, 3.8) is 0 Å². The Morgan fingerprint density at radius 2 is 2.33 bits per heavy atom. The SMILES string of the molecule is O=C(c1sccc1Cl)N1CCN2C(=O)OCC2C1. The number of halogens is 1. The van der Waals surface area contributed by atoms with Crippen LogP contribution in [0.1, 0.15) is 9.67 Å². The van der Waals surface area contributed by atoms with Crippen LogP contribution in [0.5, 0.6) is 0 Å². The number of fused-ring (bicyclic) bond motifs is 1. The van der Waals surface area contributed by atoms with E-state index < -0.39 is 0 Å². The molecular formula is C11H11ClN2O3S. The topological polar surface area (TPSA) is 49.9 Å². The Labute approximate surface area is 113 Å². The molecule has 1 aromatic rings. The molecule has 7 heteroatoms. The van der Waals surface area contributed by atoms with Crippen molar-refractivity contribution in [3.8, 4) is 0 Å². The highest BCUT2D eigenvalue weighted by Gasteiger charge is 2.39. The highest BCUT2D eigenvalue weighted by molar-refractivity contribution is 7.12. The minimum atomic E-state index is -0.277. The number of carbonyl (C=O) groups is 2. The van der Waals surface area contributed by atoms with Gasteiger partial charge in [0, 0.05) is 19.6 Å². The number of carbonyl (C=O) groups excluding carboxylic acids is 2. The predicted molar refractivity (Wildman–Crippen MR) is 67.1 cm³/mol. The molecular weight excluding hydrogens is 276 g/mol. The molecule has 2 saturated heterocycles. The second-order valence-electron chi connectivity index (χ2n) is 4.27. The summed E-state index contributed by atoms with van der Waals surface area (Å²) in [5, 5.41) is 2.29. The molecule has 2 amide bonds. The number of hydrogen-bond donors (Lipinski definition) is 0. The third-order valence-electron chi connectivity index (χ3n) is 3.22. The summed E-state index contributed by atoms with van der Waals surface area (Å²) < 4.78 is 4.97. The third-order valence-corrected chi connectivity index (χ3v) is 4.54. The van der Waals surface area contributed by atoms with Crippen molar-refractivity contribution >= 4 is 34.9 Å². The van der Waals surface area contributed by atoms with Gasteiger partial charge in [-0.15, -0.1) is 11.3 Å². The van der Waals surface area contributed by atoms with Crippen LogP contribution in [0.2, 0.25) is 5.02 Å². The second kappa shape index (κ2) is 4.44. The van der Waals surface area contributed by atoms with Crippen molar-refractivity contribution in [2.24, 2.45) is 0 Å². The molecule has 1 unspecified atom stereocenters. The van der Waals surface area contributed by atoms with Crippen LogP contribution in [0, 0.1) is 0 Å². The number of nitrogens with zero attached hydrogens (tertiary/aromatic N) is 2. The van der Waals surface area contributed by atoms with Crippen molar-refractivity contribution in [1.29, 1.82) is 0 Å². The molecule has 2 fully saturated rings. The average molecular weight is 287 g/mol. The van der Waals surface area contributed by atoms with E-state index >= 15 is 0 Å². The van der Waals surface area contributed by atoms with Gasteiger partial charge in [-0.2, -0.15) is 0 Å². The summed E-state index contributed by atoms with van der Waals surface area (Å²) in [4.78, 5) is 27.6. The quantitative estimate of drug-likeness (QED) is 0.789. The Morgan fingerprint density at radius 1 is 1.50 bits per heavy atom. The van der Waals surface area contributed by atoms with Crippen LogP contribution in [-0.2, 0) is 4.74 Å². The van der Waals surface area contributed by atoms with E-state index in [0.29, 0.717) is 36.1 Å². The summed E-state index contributed by atoms with van der Waals surface area (Å²) in [6, 6.07) is 1.70. The van der Waals surface area contributed by atoms with Gasteiger partial charge in [-0.05, 0) is 11.4 Å². The number of thiophene rings is 1. The highest BCUT2D eigenvalue weighted by Crippen LogP contribution is 2.26. The summed E-state index contributed by atoms with van der Waals surface area (Å²) >= 11 is 7.30. The first-order valence-electron chi connectivity index (χ1n) is 5.62. The van der Waals surface area contributed by atoms with Crippen LogP contribution in [0.25, 0.3) is 0 Å². The smallest absolute Gasteiger partial charge is 0.410 e. The Bertz CT molecular complexity index is 504. The summed E-state index contributed by atoms with van der Waals surface area (Å²) in [6.07, 6.45) is -0.277. The van der Waals surface area contributed by atoms with Crippen LogP contribution in [0.15, 0.2) is 11.4 Å². The van der Waals surface area contributed by atoms with Crippen LogP contribution in [0.4, 0.5) is 4.79 Å². The van der Waals surface area contributed by atoms with Gasteiger partial charge in [-0.3, -0.25) is 9.69 Å². The normalized spacial score (nSPS) is 22.9. The van der Waals surface area contributed by atoms with E-state index in [1.54, 1.807) is 21.2 Å². The fourth-order valence-corrected chi connectivity index (χ4v) is 3.37. The van der Waals surface area contributed by atoms with E-state index in [0.717, 1.165) is 0 Å². The molecule has 0 spiro atoms. The molecule has 2 aliphatic rings. The van der Waals surface area contributed by atoms with E-state index in [1.807, 2.05) is 0 Å². The third kappa shape index (κ3) is 1.85. The lowest BCUT2D eigenvalue weighted by Crippen LogP contribution is -2.53. The van der Waals surface area contributed by atoms with E-state index in [2.05, 4.69) is 0 Å². The molecule has 3 rings (SSSR count). The van der Waals surface area contributed by atoms with Crippen LogP contribution in [-0.4, -0.2) is 54.1 Å². The fourth-order valence-electron chi connectivity index (χ4n) is 2.26. The van der Waals surface area contributed by atoms with Gasteiger partial charge in [-0.1, -0.05) is 11.6 Å². The Kier molecular flexibility index (Phi) is 2.91. The summed E-state index contributed by atoms with van der Waals surface area (Å²) in [6.45, 7) is 1.93. The number of ether oxygens (including phenoxy) is 1. The minimum absolute atomic E-state index is 0.0195. The van der Waals surface area contributed by atoms with E-state index in [1.165, 1.54) is 11.3 Å². The Hall–Kier alpha value is -1.27. The molecule has 18 heavy (non-hydrogen) atoms. The molecule has 0 aromatic carbocycles. The first kappa shape index (κ1) is 11.8. The molecule has 3 heterocycles. The number of piperazine rings is 1. The molecule has 5 nitrogen and oxygen atoms in total. The largest absolute Gasteiger partial charge is 0.447 e. The van der Waals surface area contributed by atoms with Crippen LogP contribution < -0.4 is 0 Å². The van der Waals surface area contributed by atoms with E-state index in [4.69, 9.17) is 16.3 Å². The lowest BCUT2D eigenvalue weighted by molar-refractivity contribution is 0.0622. The molecule has 1 aromatic heterocycles. The molecule has 0 N–H and O–H groups in total. The number of rotatable bonds is 1. The van der Waals surface area contributed by atoms with Crippen LogP contribution in [0.3, 0.4) is 0 Å². The van der Waals surface area contributed by atoms with Gasteiger partial charge in [0.2, 0.25) is 0 Å². The van der Waals surface area contributed by atoms with Gasteiger partial charge < -0.3 is 9.64 Å². The maximum atomic E-state index is 12.3. The number of amides is 2. The zero-order valence-electron chi connectivity index (χ0n) is 9.47. The molecule has 2 aliphatic heterocycles. The van der Waals surface area contributed by atoms with Gasteiger partial charge >= 0.3 is 6.09 Å². The average Bonchev–Trinajstić information content (AvgIpc) is 2.95. The zero-order valence-corrected chi connectivity index (χ0v) is 11.0. The molecule has 1 atom stereocenters. The maximum Gasteiger partial charge on any atom is 0.410 e. The standard InChI is InChI=1S/C11H11ClN2O3S/c12-8-1-4-18-9(8)10(15)13-2-3-14-7(5-13)6-17-11(14)16/h1,4,7H,2-3,5-6H2. The maximum absolute atomic E-state index is 12.3. The van der Waals surface area contributed by atoms with Crippen molar-refractivity contribution in [2.75, 3.05) is 26.2 Å². The monoisotopic (exact) mass is 286 g/mol. The number of hydrogen-bond acceptors (Lipinski definition) is 4. The van der Waals surface area contributed by atoms with Gasteiger partial charge in [-0.25, -0.2) is 4.79 Å². The lowest BCUT2D eigenvalue weighted by atomic mass is 10.2. The molecule has 96 valence electrons. The van der Waals surface area contributed by atoms with E-state index in [-0.39, 0.29) is 18.0 Å². The van der Waals surface area contributed by atoms with Gasteiger partial charge in [0.25, 0.3) is 5.91 Å². The summed E-state index contributed by atoms with van der Waals surface area (Å²) in [7, 11) is 0. The van der Waals surface area contributed by atoms with E-state index in [9.17, 15) is 9.59 Å². The summed E-state index contributed by atoms with van der Waals surface area (Å²) in [5.74, 6) is -0.0611. The van der Waals surface area contributed by atoms with Gasteiger partial charge in [0.1, 0.15) is 11.5 Å². The van der Waals surface area contributed by atoms with Crippen molar-refractivity contribution in [1.82, 2.24) is 9.80 Å². The molecule has 0 saturated carbocycles. The minimum Gasteiger partial charge on any atom is -0.447 e. The summed E-state index contributed by atoms with van der Waals surface area (Å²) in [5.41, 5.74) is 0. The highest BCUT2D eigenvalue weighted by atomic mass is 35.5. The number of cyclic esters (lactones) is 1. The molecule has 0 aliphatic carbocycles.